The molecule has 0 bridgehead atoms. The Labute approximate surface area is 155 Å². The minimum absolute atomic E-state index is 0.0727. The first-order valence-electron chi connectivity index (χ1n) is 8.00. The Morgan fingerprint density at radius 3 is 2.33 bits per heavy atom. The van der Waals surface area contributed by atoms with Crippen LogP contribution in [0, 0.1) is 5.82 Å². The Morgan fingerprint density at radius 2 is 1.59 bits per heavy atom. The zero-order valence-corrected chi connectivity index (χ0v) is 14.3. The number of halogens is 1. The average Bonchev–Trinajstić information content (AvgIpc) is 2.69. The minimum Gasteiger partial charge on any atom is -0.481 e. The lowest BCUT2D eigenvalue weighted by atomic mass is 10.2. The molecule has 0 atom stereocenters. The van der Waals surface area contributed by atoms with E-state index in [1.165, 1.54) is 24.3 Å². The second kappa shape index (κ2) is 10.3. The van der Waals surface area contributed by atoms with Crippen LogP contribution in [0.2, 0.25) is 0 Å². The fourth-order valence-electron chi connectivity index (χ4n) is 1.89. The molecule has 0 unspecified atom stereocenters. The van der Waals surface area contributed by atoms with E-state index < -0.39 is 30.1 Å². The van der Waals surface area contributed by atoms with Crippen LogP contribution in [-0.2, 0) is 14.4 Å². The summed E-state index contributed by atoms with van der Waals surface area (Å²) in [7, 11) is 0. The van der Waals surface area contributed by atoms with Gasteiger partial charge in [0, 0.05) is 6.08 Å². The largest absolute Gasteiger partial charge is 0.481 e. The van der Waals surface area contributed by atoms with Crippen molar-refractivity contribution in [1.82, 2.24) is 16.2 Å². The van der Waals surface area contributed by atoms with Crippen molar-refractivity contribution in [2.75, 3.05) is 13.2 Å². The van der Waals surface area contributed by atoms with Gasteiger partial charge in [-0.05, 0) is 23.8 Å². The van der Waals surface area contributed by atoms with Crippen molar-refractivity contribution >= 4 is 23.8 Å². The Morgan fingerprint density at radius 1 is 0.926 bits per heavy atom. The zero-order valence-electron chi connectivity index (χ0n) is 14.3. The fourth-order valence-corrected chi connectivity index (χ4v) is 1.89. The third-order valence-corrected chi connectivity index (χ3v) is 3.19. The van der Waals surface area contributed by atoms with Gasteiger partial charge in [0.15, 0.2) is 18.2 Å². The van der Waals surface area contributed by atoms with Crippen LogP contribution in [0.15, 0.2) is 60.7 Å². The third-order valence-electron chi connectivity index (χ3n) is 3.19. The molecule has 2 aromatic rings. The van der Waals surface area contributed by atoms with E-state index in [2.05, 4.69) is 16.2 Å². The third kappa shape index (κ3) is 7.39. The molecule has 0 spiro atoms. The van der Waals surface area contributed by atoms with Crippen molar-refractivity contribution in [2.45, 2.75) is 0 Å². The monoisotopic (exact) mass is 371 g/mol. The summed E-state index contributed by atoms with van der Waals surface area (Å²) in [4.78, 5) is 34.8. The summed E-state index contributed by atoms with van der Waals surface area (Å²) in [5.74, 6) is -2.43. The molecule has 3 amide bonds. The molecule has 140 valence electrons. The van der Waals surface area contributed by atoms with Crippen molar-refractivity contribution in [3.63, 3.8) is 0 Å². The molecular weight excluding hydrogens is 353 g/mol. The Kier molecular flexibility index (Phi) is 7.52. The molecule has 0 aliphatic carbocycles. The molecule has 8 heteroatoms. The maximum Gasteiger partial charge on any atom is 0.276 e. The van der Waals surface area contributed by atoms with Gasteiger partial charge in [0.1, 0.15) is 0 Å². The lowest BCUT2D eigenvalue weighted by Crippen LogP contribution is -2.47. The first kappa shape index (κ1) is 19.6. The van der Waals surface area contributed by atoms with Crippen LogP contribution in [0.1, 0.15) is 5.56 Å². The van der Waals surface area contributed by atoms with Crippen LogP contribution in [0.3, 0.4) is 0 Å². The highest BCUT2D eigenvalue weighted by Gasteiger charge is 2.08. The van der Waals surface area contributed by atoms with Gasteiger partial charge in [0.25, 0.3) is 11.8 Å². The van der Waals surface area contributed by atoms with Crippen molar-refractivity contribution in [3.05, 3.63) is 72.1 Å². The second-order valence-electron chi connectivity index (χ2n) is 5.28. The average molecular weight is 371 g/mol. The maximum absolute atomic E-state index is 13.3. The summed E-state index contributed by atoms with van der Waals surface area (Å²) in [6.07, 6.45) is 2.90. The topological polar surface area (TPSA) is 96.5 Å². The number of benzene rings is 2. The maximum atomic E-state index is 13.3. The van der Waals surface area contributed by atoms with Gasteiger partial charge in [-0.3, -0.25) is 25.2 Å². The van der Waals surface area contributed by atoms with Gasteiger partial charge in [0.2, 0.25) is 5.91 Å². The normalized spacial score (nSPS) is 10.3. The van der Waals surface area contributed by atoms with E-state index in [1.54, 1.807) is 12.1 Å². The van der Waals surface area contributed by atoms with Crippen LogP contribution < -0.4 is 20.9 Å². The van der Waals surface area contributed by atoms with Gasteiger partial charge in [-0.1, -0.05) is 42.5 Å². The lowest BCUT2D eigenvalue weighted by molar-refractivity contribution is -0.130. The van der Waals surface area contributed by atoms with Crippen LogP contribution in [0.5, 0.6) is 5.75 Å². The quantitative estimate of drug-likeness (QED) is 0.503. The molecule has 0 aliphatic rings. The number of hydrogen-bond acceptors (Lipinski definition) is 4. The van der Waals surface area contributed by atoms with E-state index in [-0.39, 0.29) is 12.3 Å². The van der Waals surface area contributed by atoms with Gasteiger partial charge in [-0.15, -0.1) is 0 Å². The van der Waals surface area contributed by atoms with E-state index in [1.807, 2.05) is 30.3 Å². The number of para-hydroxylation sites is 1. The minimum atomic E-state index is -0.679. The molecule has 27 heavy (non-hydrogen) atoms. The van der Waals surface area contributed by atoms with E-state index in [0.717, 1.165) is 5.56 Å². The van der Waals surface area contributed by atoms with Gasteiger partial charge in [-0.25, -0.2) is 4.39 Å². The van der Waals surface area contributed by atoms with Crippen molar-refractivity contribution in [3.8, 4) is 5.75 Å². The van der Waals surface area contributed by atoms with Crippen LogP contribution in [-0.4, -0.2) is 30.9 Å². The molecule has 7 nitrogen and oxygen atoms in total. The summed E-state index contributed by atoms with van der Waals surface area (Å²) in [5, 5.41) is 2.37. The Hall–Kier alpha value is -3.68. The van der Waals surface area contributed by atoms with Gasteiger partial charge >= 0.3 is 0 Å². The SMILES string of the molecule is O=C(/C=C/c1ccccc1)NCC(=O)NNC(=O)COc1ccccc1F. The molecule has 2 aromatic carbocycles. The number of amides is 3. The van der Waals surface area contributed by atoms with Crippen LogP contribution in [0.4, 0.5) is 4.39 Å². The van der Waals surface area contributed by atoms with Crippen molar-refractivity contribution in [2.24, 2.45) is 0 Å². The summed E-state index contributed by atoms with van der Waals surface area (Å²) in [5.41, 5.74) is 5.06. The summed E-state index contributed by atoms with van der Waals surface area (Å²) < 4.78 is 18.3. The predicted molar refractivity (Wildman–Crippen MR) is 96.7 cm³/mol. The zero-order chi connectivity index (χ0) is 19.5. The summed E-state index contributed by atoms with van der Waals surface area (Å²) in [6, 6.07) is 14.8. The van der Waals surface area contributed by atoms with Crippen LogP contribution in [0.25, 0.3) is 6.08 Å². The molecule has 2 rings (SSSR count). The molecule has 0 radical (unpaired) electrons. The number of carbonyl (C=O) groups is 3. The summed E-state index contributed by atoms with van der Waals surface area (Å²) >= 11 is 0. The number of nitrogens with one attached hydrogen (secondary N) is 3. The van der Waals surface area contributed by atoms with Gasteiger partial charge in [-0.2, -0.15) is 0 Å². The van der Waals surface area contributed by atoms with Crippen molar-refractivity contribution < 1.29 is 23.5 Å². The summed E-state index contributed by atoms with van der Waals surface area (Å²) in [6.45, 7) is -0.806. The highest BCUT2D eigenvalue weighted by atomic mass is 19.1. The Balaban J connectivity index is 1.64. The fraction of sp³-hybridized carbons (Fsp3) is 0.105. The molecular formula is C19H18FN3O4. The van der Waals surface area contributed by atoms with E-state index in [4.69, 9.17) is 4.74 Å². The number of hydrogen-bond donors (Lipinski definition) is 3. The molecule has 0 aromatic heterocycles. The predicted octanol–water partition coefficient (Wildman–Crippen LogP) is 1.18. The second-order valence-corrected chi connectivity index (χ2v) is 5.28. The van der Waals surface area contributed by atoms with E-state index in [0.29, 0.717) is 0 Å². The molecule has 0 saturated heterocycles. The smallest absolute Gasteiger partial charge is 0.276 e. The van der Waals surface area contributed by atoms with E-state index >= 15 is 0 Å². The van der Waals surface area contributed by atoms with Crippen LogP contribution >= 0.6 is 0 Å². The van der Waals surface area contributed by atoms with Gasteiger partial charge < -0.3 is 10.1 Å². The van der Waals surface area contributed by atoms with Crippen molar-refractivity contribution in [1.29, 1.82) is 0 Å². The lowest BCUT2D eigenvalue weighted by Gasteiger charge is -2.09. The standard InChI is InChI=1S/C19H18FN3O4/c20-15-8-4-5-9-16(15)27-13-19(26)23-22-18(25)12-21-17(24)11-10-14-6-2-1-3-7-14/h1-11H,12-13H2,(H,21,24)(H,22,25)(H,23,26)/b11-10+. The number of carbonyl (C=O) groups excluding carboxylic acids is 3. The molecule has 0 heterocycles. The number of ether oxygens (including phenoxy) is 1. The first-order valence-corrected chi connectivity index (χ1v) is 8.00. The molecule has 3 N–H and O–H groups in total. The highest BCUT2D eigenvalue weighted by Crippen LogP contribution is 2.14. The number of hydrazine groups is 1. The first-order chi connectivity index (χ1) is 13.0. The van der Waals surface area contributed by atoms with Gasteiger partial charge in [0.05, 0.1) is 6.54 Å². The highest BCUT2D eigenvalue weighted by molar-refractivity contribution is 5.94. The molecule has 0 saturated carbocycles. The number of rotatable bonds is 7. The van der Waals surface area contributed by atoms with E-state index in [9.17, 15) is 18.8 Å². The molecule has 0 aliphatic heterocycles. The molecule has 0 fully saturated rings. The Bertz CT molecular complexity index is 825.